The van der Waals surface area contributed by atoms with Crippen LogP contribution in [0.25, 0.3) is 0 Å². The number of carboxylic acids is 1. The van der Waals surface area contributed by atoms with Gasteiger partial charge in [0.05, 0.1) is 11.8 Å². The highest BCUT2D eigenvalue weighted by atomic mass is 16.4. The maximum atomic E-state index is 12.6. The number of hydrogen-bond donors (Lipinski definition) is 3. The first-order valence-electron chi connectivity index (χ1n) is 8.11. The number of anilines is 2. The molecule has 2 amide bonds. The topological polar surface area (TPSA) is 95.5 Å². The monoisotopic (exact) mass is 328 g/mol. The van der Waals surface area contributed by atoms with E-state index in [1.54, 1.807) is 31.2 Å². The molecule has 0 aromatic heterocycles. The molecule has 24 heavy (non-hydrogen) atoms. The van der Waals surface area contributed by atoms with Crippen molar-refractivity contribution in [2.75, 3.05) is 10.6 Å². The summed E-state index contributed by atoms with van der Waals surface area (Å²) in [5.74, 6) is -2.48. The Morgan fingerprint density at radius 2 is 1.54 bits per heavy atom. The van der Waals surface area contributed by atoms with Crippen LogP contribution in [0.5, 0.6) is 0 Å². The van der Waals surface area contributed by atoms with Crippen LogP contribution in [-0.2, 0) is 14.4 Å². The summed E-state index contributed by atoms with van der Waals surface area (Å²) < 4.78 is 0. The minimum Gasteiger partial charge on any atom is -0.481 e. The molecule has 0 heterocycles. The SMILES string of the molecule is CCC(=O)Nc1ccc(NC(=O)[C@@H]2[C@H](C(=O)O)[C@H]3C=C[C@H]2C3)cc1. The van der Waals surface area contributed by atoms with E-state index in [9.17, 15) is 19.5 Å². The molecule has 3 rings (SSSR count). The zero-order valence-electron chi connectivity index (χ0n) is 13.4. The number of carboxylic acid groups (broad SMARTS) is 1. The minimum absolute atomic E-state index is 0.000726. The van der Waals surface area contributed by atoms with Crippen LogP contribution < -0.4 is 10.6 Å². The normalized spacial score (nSPS) is 27.0. The van der Waals surface area contributed by atoms with Crippen LogP contribution in [0.1, 0.15) is 19.8 Å². The molecule has 0 unspecified atom stereocenters. The van der Waals surface area contributed by atoms with Crippen molar-refractivity contribution >= 4 is 29.2 Å². The molecule has 1 fully saturated rings. The van der Waals surface area contributed by atoms with Gasteiger partial charge in [0.2, 0.25) is 11.8 Å². The number of hydrogen-bond acceptors (Lipinski definition) is 3. The van der Waals surface area contributed by atoms with Crippen LogP contribution in [0, 0.1) is 23.7 Å². The van der Waals surface area contributed by atoms with Crippen molar-refractivity contribution in [3.8, 4) is 0 Å². The molecule has 2 aliphatic rings. The lowest BCUT2D eigenvalue weighted by Crippen LogP contribution is -2.36. The lowest BCUT2D eigenvalue weighted by atomic mass is 9.82. The summed E-state index contributed by atoms with van der Waals surface area (Å²) in [6, 6.07) is 6.81. The number of aliphatic carboxylic acids is 1. The van der Waals surface area contributed by atoms with E-state index in [-0.39, 0.29) is 23.7 Å². The number of carbonyl (C=O) groups excluding carboxylic acids is 2. The molecule has 3 N–H and O–H groups in total. The second kappa shape index (κ2) is 6.47. The Kier molecular flexibility index (Phi) is 4.38. The van der Waals surface area contributed by atoms with Gasteiger partial charge in [-0.3, -0.25) is 14.4 Å². The van der Waals surface area contributed by atoms with Crippen molar-refractivity contribution in [2.45, 2.75) is 19.8 Å². The highest BCUT2D eigenvalue weighted by Crippen LogP contribution is 2.48. The van der Waals surface area contributed by atoms with E-state index >= 15 is 0 Å². The zero-order chi connectivity index (χ0) is 17.3. The Morgan fingerprint density at radius 1 is 1.00 bits per heavy atom. The Labute approximate surface area is 139 Å². The first-order chi connectivity index (χ1) is 11.5. The maximum Gasteiger partial charge on any atom is 0.307 e. The molecule has 0 saturated heterocycles. The lowest BCUT2D eigenvalue weighted by Gasteiger charge is -2.23. The number of nitrogens with one attached hydrogen (secondary N) is 2. The number of rotatable bonds is 5. The van der Waals surface area contributed by atoms with Gasteiger partial charge in [0, 0.05) is 17.8 Å². The third-order valence-electron chi connectivity index (χ3n) is 4.80. The fraction of sp³-hybridized carbons (Fsp3) is 0.389. The van der Waals surface area contributed by atoms with Gasteiger partial charge in [-0.1, -0.05) is 19.1 Å². The molecule has 0 radical (unpaired) electrons. The van der Waals surface area contributed by atoms with E-state index < -0.39 is 17.8 Å². The van der Waals surface area contributed by atoms with Gasteiger partial charge in [0.1, 0.15) is 0 Å². The summed E-state index contributed by atoms with van der Waals surface area (Å²) in [4.78, 5) is 35.4. The van der Waals surface area contributed by atoms with Crippen molar-refractivity contribution < 1.29 is 19.5 Å². The third-order valence-corrected chi connectivity index (χ3v) is 4.80. The highest BCUT2D eigenvalue weighted by molar-refractivity contribution is 5.97. The first-order valence-corrected chi connectivity index (χ1v) is 8.11. The zero-order valence-corrected chi connectivity index (χ0v) is 13.4. The minimum atomic E-state index is -0.912. The highest BCUT2D eigenvalue weighted by Gasteiger charge is 2.51. The van der Waals surface area contributed by atoms with E-state index in [1.807, 2.05) is 12.2 Å². The van der Waals surface area contributed by atoms with Gasteiger partial charge in [0.25, 0.3) is 0 Å². The average Bonchev–Trinajstić information content (AvgIpc) is 3.17. The van der Waals surface area contributed by atoms with Crippen molar-refractivity contribution in [3.63, 3.8) is 0 Å². The van der Waals surface area contributed by atoms with Gasteiger partial charge in [0.15, 0.2) is 0 Å². The molecule has 1 saturated carbocycles. The summed E-state index contributed by atoms with van der Waals surface area (Å²) in [6.07, 6.45) is 5.00. The molecule has 6 heteroatoms. The fourth-order valence-electron chi connectivity index (χ4n) is 3.63. The fourth-order valence-corrected chi connectivity index (χ4v) is 3.63. The summed E-state index contributed by atoms with van der Waals surface area (Å²) in [5.41, 5.74) is 1.25. The van der Waals surface area contributed by atoms with Crippen LogP contribution in [-0.4, -0.2) is 22.9 Å². The lowest BCUT2D eigenvalue weighted by molar-refractivity contribution is -0.146. The molecule has 2 aliphatic carbocycles. The van der Waals surface area contributed by atoms with E-state index in [4.69, 9.17) is 0 Å². The van der Waals surface area contributed by atoms with Crippen LogP contribution >= 0.6 is 0 Å². The molecule has 6 nitrogen and oxygen atoms in total. The van der Waals surface area contributed by atoms with Crippen molar-refractivity contribution in [1.29, 1.82) is 0 Å². The Bertz CT molecular complexity index is 695. The van der Waals surface area contributed by atoms with Gasteiger partial charge in [-0.25, -0.2) is 0 Å². The quantitative estimate of drug-likeness (QED) is 0.724. The van der Waals surface area contributed by atoms with Gasteiger partial charge in [-0.2, -0.15) is 0 Å². The Hall–Kier alpha value is -2.63. The standard InChI is InChI=1S/C18H20N2O4/c1-2-14(21)19-12-5-7-13(8-6-12)20-17(22)15-10-3-4-11(9-10)16(15)18(23)24/h3-8,10-11,15-16H,2,9H2,1H3,(H,19,21)(H,20,22)(H,23,24)/t10-,11-,15-,16+/m0/s1. The molecule has 126 valence electrons. The molecule has 1 aromatic carbocycles. The molecule has 2 bridgehead atoms. The van der Waals surface area contributed by atoms with Gasteiger partial charge >= 0.3 is 5.97 Å². The predicted octanol–water partition coefficient (Wildman–Crippen LogP) is 2.50. The smallest absolute Gasteiger partial charge is 0.307 e. The number of benzene rings is 1. The van der Waals surface area contributed by atoms with E-state index in [1.165, 1.54) is 0 Å². The van der Waals surface area contributed by atoms with E-state index in [0.29, 0.717) is 17.8 Å². The van der Waals surface area contributed by atoms with Crippen LogP contribution in [0.4, 0.5) is 11.4 Å². The molecule has 1 aromatic rings. The van der Waals surface area contributed by atoms with Gasteiger partial charge in [-0.05, 0) is 42.5 Å². The van der Waals surface area contributed by atoms with E-state index in [0.717, 1.165) is 6.42 Å². The summed E-state index contributed by atoms with van der Waals surface area (Å²) >= 11 is 0. The van der Waals surface area contributed by atoms with Gasteiger partial charge < -0.3 is 15.7 Å². The van der Waals surface area contributed by atoms with Crippen molar-refractivity contribution in [1.82, 2.24) is 0 Å². The number of allylic oxidation sites excluding steroid dienone is 2. The average molecular weight is 328 g/mol. The van der Waals surface area contributed by atoms with Crippen molar-refractivity contribution in [2.24, 2.45) is 23.7 Å². The van der Waals surface area contributed by atoms with Crippen LogP contribution in [0.2, 0.25) is 0 Å². The molecule has 4 atom stereocenters. The third kappa shape index (κ3) is 3.04. The summed E-state index contributed by atoms with van der Waals surface area (Å²) in [6.45, 7) is 1.77. The molecular formula is C18H20N2O4. The van der Waals surface area contributed by atoms with Crippen molar-refractivity contribution in [3.05, 3.63) is 36.4 Å². The van der Waals surface area contributed by atoms with Crippen LogP contribution in [0.15, 0.2) is 36.4 Å². The number of amides is 2. The predicted molar refractivity (Wildman–Crippen MR) is 89.3 cm³/mol. The first kappa shape index (κ1) is 16.2. The largest absolute Gasteiger partial charge is 0.481 e. The maximum absolute atomic E-state index is 12.6. The molecular weight excluding hydrogens is 308 g/mol. The molecule has 0 aliphatic heterocycles. The summed E-state index contributed by atoms with van der Waals surface area (Å²) in [5, 5.41) is 14.9. The Balaban J connectivity index is 1.67. The van der Waals surface area contributed by atoms with E-state index in [2.05, 4.69) is 10.6 Å². The number of fused-ring (bicyclic) bond motifs is 2. The van der Waals surface area contributed by atoms with Gasteiger partial charge in [-0.15, -0.1) is 0 Å². The Morgan fingerprint density at radius 3 is 2.08 bits per heavy atom. The second-order valence-corrected chi connectivity index (χ2v) is 6.31. The summed E-state index contributed by atoms with van der Waals surface area (Å²) in [7, 11) is 0. The van der Waals surface area contributed by atoms with Crippen LogP contribution in [0.3, 0.4) is 0 Å². The number of carbonyl (C=O) groups is 3. The second-order valence-electron chi connectivity index (χ2n) is 6.31. The molecule has 0 spiro atoms.